The molecule has 19 N–H and O–H groups in total. The lowest BCUT2D eigenvalue weighted by atomic mass is 10.0. The molecule has 0 aliphatic carbocycles. The van der Waals surface area contributed by atoms with Crippen LogP contribution in [0.4, 0.5) is 0 Å². The van der Waals surface area contributed by atoms with E-state index in [0.29, 0.717) is 24.9 Å². The minimum Gasteiger partial charge on any atom is -0.480 e. The van der Waals surface area contributed by atoms with Gasteiger partial charge in [0.2, 0.25) is 29.5 Å². The highest BCUT2D eigenvalue weighted by molar-refractivity contribution is 5.96. The van der Waals surface area contributed by atoms with Crippen LogP contribution >= 0.6 is 0 Å². The molecule has 6 atom stereocenters. The van der Waals surface area contributed by atoms with Crippen molar-refractivity contribution in [2.24, 2.45) is 22.9 Å². The number of nitrogens with two attached hydrogens (primary N) is 4. The van der Waals surface area contributed by atoms with E-state index in [1.165, 1.54) is 11.8 Å². The quantitative estimate of drug-likeness (QED) is 0.0273. The molecule has 2 rings (SSSR count). The molecule has 1 saturated heterocycles. The second-order valence-corrected chi connectivity index (χ2v) is 13.7. The van der Waals surface area contributed by atoms with Crippen LogP contribution in [0, 0.1) is 16.2 Å². The van der Waals surface area contributed by atoms with Crippen molar-refractivity contribution in [2.45, 2.75) is 101 Å². The molecule has 0 aromatic heterocycles. The number of nitrogens with one attached hydrogen (secondary N) is 10. The Morgan fingerprint density at radius 1 is 0.737 bits per heavy atom. The molecule has 1 aromatic carbocycles. The maximum atomic E-state index is 14.1. The van der Waals surface area contributed by atoms with Crippen molar-refractivity contribution in [1.82, 2.24) is 42.1 Å². The van der Waals surface area contributed by atoms with Gasteiger partial charge in [-0.15, -0.1) is 0 Å². The van der Waals surface area contributed by atoms with Gasteiger partial charge in [-0.25, -0.2) is 4.79 Å². The fraction of sp³-hybridized carbons (Fsp3) is 0.571. The van der Waals surface area contributed by atoms with Crippen LogP contribution in [0.3, 0.4) is 0 Å². The first-order valence-electron chi connectivity index (χ1n) is 18.8. The number of hydrogen-bond acceptors (Lipinski definition) is 10. The van der Waals surface area contributed by atoms with Gasteiger partial charge in [-0.2, -0.15) is 0 Å². The van der Waals surface area contributed by atoms with Crippen molar-refractivity contribution < 1.29 is 33.9 Å². The second kappa shape index (κ2) is 24.3. The Balaban J connectivity index is 2.20. The molecule has 316 valence electrons. The molecule has 1 aliphatic heterocycles. The van der Waals surface area contributed by atoms with Crippen molar-refractivity contribution in [3.8, 4) is 0 Å². The van der Waals surface area contributed by atoms with Crippen LogP contribution in [-0.4, -0.2) is 126 Å². The topological polar surface area (TPSA) is 386 Å². The summed E-state index contributed by atoms with van der Waals surface area (Å²) in [6.45, 7) is 2.31. The van der Waals surface area contributed by atoms with E-state index < -0.39 is 71.8 Å². The second-order valence-electron chi connectivity index (χ2n) is 13.7. The predicted octanol–water partition coefficient (Wildman–Crippen LogP) is -3.62. The Labute approximate surface area is 331 Å². The zero-order chi connectivity index (χ0) is 42.5. The van der Waals surface area contributed by atoms with Crippen LogP contribution in [-0.2, 0) is 35.2 Å². The number of benzene rings is 1. The fourth-order valence-corrected chi connectivity index (χ4v) is 6.04. The summed E-state index contributed by atoms with van der Waals surface area (Å²) in [7, 11) is 0. The van der Waals surface area contributed by atoms with Crippen LogP contribution in [0.5, 0.6) is 0 Å². The lowest BCUT2D eigenvalue weighted by molar-refractivity contribution is -0.143. The average molecular weight is 802 g/mol. The molecule has 22 heteroatoms. The first kappa shape index (κ1) is 47.0. The standard InChI is InChI=1S/C35H59N15O7/c1-20(46-28(52)22(36)11-5-15-43-33(37)38)27(51)48-24(13-7-17-45-35(41)42)31(55)50-18-8-14-26(50)30(54)47-23(12-6-16-44-34(39)40)29(53)49-25(32(56)57)19-21-9-3-2-4-10-21/h2-4,9-10,20,22-26H,5-8,11-19,36H2,1H3,(H,46,52)(H,47,54)(H,48,51)(H,49,53)(H,56,57)(H4,37,38,43)(H4,39,40,44)(H4,41,42,45)/t20-,22-,23-,24-,25-,26-/m0/s1. The highest BCUT2D eigenvalue weighted by Gasteiger charge is 2.39. The summed E-state index contributed by atoms with van der Waals surface area (Å²) in [5, 5.41) is 50.2. The van der Waals surface area contributed by atoms with Gasteiger partial charge in [0, 0.05) is 32.6 Å². The molecule has 22 nitrogen and oxygen atoms in total. The summed E-state index contributed by atoms with van der Waals surface area (Å²) in [5.74, 6) is -5.35. The van der Waals surface area contributed by atoms with Gasteiger partial charge in [0.05, 0.1) is 6.04 Å². The zero-order valence-electron chi connectivity index (χ0n) is 32.2. The van der Waals surface area contributed by atoms with Crippen molar-refractivity contribution in [3.05, 3.63) is 35.9 Å². The first-order chi connectivity index (χ1) is 27.0. The van der Waals surface area contributed by atoms with Gasteiger partial charge in [-0.05, 0) is 63.9 Å². The number of likely N-dealkylation sites (tertiary alicyclic amines) is 1. The van der Waals surface area contributed by atoms with Gasteiger partial charge < -0.3 is 70.2 Å². The van der Waals surface area contributed by atoms with E-state index in [0.717, 1.165) is 0 Å². The van der Waals surface area contributed by atoms with Crippen LogP contribution in [0.25, 0.3) is 0 Å². The summed E-state index contributed by atoms with van der Waals surface area (Å²) in [6.07, 6.45) is 2.00. The van der Waals surface area contributed by atoms with Crippen molar-refractivity contribution >= 4 is 53.4 Å². The van der Waals surface area contributed by atoms with E-state index in [1.54, 1.807) is 30.3 Å². The number of nitrogens with zero attached hydrogens (tertiary/aromatic N) is 1. The van der Waals surface area contributed by atoms with E-state index >= 15 is 0 Å². The maximum absolute atomic E-state index is 14.1. The zero-order valence-corrected chi connectivity index (χ0v) is 32.2. The summed E-state index contributed by atoms with van der Waals surface area (Å²) in [5.41, 5.74) is 22.7. The molecule has 5 amide bonds. The Kier molecular flexibility index (Phi) is 20.1. The van der Waals surface area contributed by atoms with E-state index in [2.05, 4.69) is 37.2 Å². The number of guanidine groups is 3. The Morgan fingerprint density at radius 2 is 1.26 bits per heavy atom. The third-order valence-corrected chi connectivity index (χ3v) is 9.05. The van der Waals surface area contributed by atoms with Gasteiger partial charge in [0.1, 0.15) is 30.2 Å². The summed E-state index contributed by atoms with van der Waals surface area (Å²) < 4.78 is 0. The largest absolute Gasteiger partial charge is 0.480 e. The monoisotopic (exact) mass is 801 g/mol. The third-order valence-electron chi connectivity index (χ3n) is 9.05. The molecule has 0 saturated carbocycles. The minimum absolute atomic E-state index is 0.0105. The molecule has 1 fully saturated rings. The van der Waals surface area contributed by atoms with Gasteiger partial charge >= 0.3 is 5.97 Å². The van der Waals surface area contributed by atoms with Crippen LogP contribution < -0.4 is 60.2 Å². The lowest BCUT2D eigenvalue weighted by Crippen LogP contribution is -2.58. The number of carboxylic acids is 1. The molecule has 1 aliphatic rings. The normalized spacial score (nSPS) is 16.0. The number of carboxylic acid groups (broad SMARTS) is 1. The summed E-state index contributed by atoms with van der Waals surface area (Å²) in [6, 6.07) is 1.94. The Hall–Kier alpha value is -6.19. The number of rotatable bonds is 24. The van der Waals surface area contributed by atoms with Crippen LogP contribution in [0.2, 0.25) is 0 Å². The summed E-state index contributed by atoms with van der Waals surface area (Å²) in [4.78, 5) is 80.9. The Morgan fingerprint density at radius 3 is 1.81 bits per heavy atom. The molecular formula is C35H59N15O7. The van der Waals surface area contributed by atoms with Gasteiger partial charge in [-0.3, -0.25) is 40.2 Å². The van der Waals surface area contributed by atoms with Gasteiger partial charge in [-0.1, -0.05) is 30.3 Å². The third kappa shape index (κ3) is 17.4. The number of aliphatic carboxylic acids is 1. The molecule has 0 unspecified atom stereocenters. The van der Waals surface area contributed by atoms with Crippen LogP contribution in [0.1, 0.15) is 63.9 Å². The van der Waals surface area contributed by atoms with Crippen molar-refractivity contribution in [1.29, 1.82) is 16.2 Å². The SMILES string of the molecule is C[C@H](NC(=O)[C@@H](N)CCCNC(=N)N)C(=O)N[C@@H](CCCNC(=N)N)C(=O)N1CCC[C@H]1C(=O)N[C@@H](CCCNC(=N)N)C(=O)N[C@@H](Cc1ccccc1)C(=O)O. The van der Waals surface area contributed by atoms with E-state index in [4.69, 9.17) is 39.2 Å². The molecule has 1 heterocycles. The smallest absolute Gasteiger partial charge is 0.326 e. The molecule has 0 radical (unpaired) electrons. The van der Waals surface area contributed by atoms with E-state index in [1.807, 2.05) is 0 Å². The molecule has 0 spiro atoms. The maximum Gasteiger partial charge on any atom is 0.326 e. The van der Waals surface area contributed by atoms with Gasteiger partial charge in [0.25, 0.3) is 0 Å². The Bertz CT molecular complexity index is 1560. The fourth-order valence-electron chi connectivity index (χ4n) is 6.04. The number of amides is 5. The van der Waals surface area contributed by atoms with Gasteiger partial charge in [0.15, 0.2) is 17.9 Å². The highest BCUT2D eigenvalue weighted by atomic mass is 16.4. The number of carbonyl (C=O) groups excluding carboxylic acids is 5. The first-order valence-corrected chi connectivity index (χ1v) is 18.8. The highest BCUT2D eigenvalue weighted by Crippen LogP contribution is 2.20. The van der Waals surface area contributed by atoms with Crippen LogP contribution in [0.15, 0.2) is 30.3 Å². The van der Waals surface area contributed by atoms with E-state index in [-0.39, 0.29) is 82.5 Å². The van der Waals surface area contributed by atoms with Crippen molar-refractivity contribution in [3.63, 3.8) is 0 Å². The van der Waals surface area contributed by atoms with Crippen molar-refractivity contribution in [2.75, 3.05) is 26.2 Å². The average Bonchev–Trinajstić information content (AvgIpc) is 3.65. The molecule has 0 bridgehead atoms. The molecule has 57 heavy (non-hydrogen) atoms. The number of hydrogen-bond donors (Lipinski definition) is 15. The molecule has 1 aromatic rings. The number of carbonyl (C=O) groups is 6. The molecular weight excluding hydrogens is 742 g/mol. The van der Waals surface area contributed by atoms with E-state index in [9.17, 15) is 33.9 Å². The summed E-state index contributed by atoms with van der Waals surface area (Å²) >= 11 is 0. The predicted molar refractivity (Wildman–Crippen MR) is 211 cm³/mol. The lowest BCUT2D eigenvalue weighted by Gasteiger charge is -2.30. The minimum atomic E-state index is -1.31.